The van der Waals surface area contributed by atoms with E-state index in [2.05, 4.69) is 69.5 Å². The summed E-state index contributed by atoms with van der Waals surface area (Å²) >= 11 is 0. The highest BCUT2D eigenvalue weighted by molar-refractivity contribution is 5.46. The Labute approximate surface area is 155 Å². The van der Waals surface area contributed by atoms with E-state index in [1.165, 1.54) is 5.69 Å². The van der Waals surface area contributed by atoms with Crippen LogP contribution < -0.4 is 4.90 Å². The van der Waals surface area contributed by atoms with Gasteiger partial charge in [0.05, 0.1) is 19.2 Å². The monoisotopic (exact) mass is 358 g/mol. The summed E-state index contributed by atoms with van der Waals surface area (Å²) in [6.45, 7) is 9.92. The molecule has 0 N–H and O–H groups in total. The molecule has 7 nitrogen and oxygen atoms in total. The lowest BCUT2D eigenvalue weighted by molar-refractivity contribution is 0.145. The fraction of sp³-hybridized carbons (Fsp3) is 0.632. The maximum Gasteiger partial charge on any atom is 0.168 e. The van der Waals surface area contributed by atoms with E-state index < -0.39 is 0 Å². The van der Waals surface area contributed by atoms with E-state index in [4.69, 9.17) is 4.74 Å². The van der Waals surface area contributed by atoms with Crippen LogP contribution in [0, 0.1) is 5.92 Å². The SMILES string of the molecule is COCCn1nnnc1[C@@H](CC(C)C)N1CCN(c2ccccc2)CC1. The number of hydrogen-bond acceptors (Lipinski definition) is 6. The molecule has 0 unspecified atom stereocenters. The van der Waals surface area contributed by atoms with Crippen molar-refractivity contribution in [3.8, 4) is 0 Å². The largest absolute Gasteiger partial charge is 0.383 e. The molecule has 2 heterocycles. The molecule has 0 radical (unpaired) electrons. The molecule has 1 aromatic carbocycles. The van der Waals surface area contributed by atoms with Crippen molar-refractivity contribution in [3.63, 3.8) is 0 Å². The van der Waals surface area contributed by atoms with Crippen LogP contribution in [0.2, 0.25) is 0 Å². The summed E-state index contributed by atoms with van der Waals surface area (Å²) in [6.07, 6.45) is 1.05. The molecule has 0 saturated carbocycles. The molecule has 3 rings (SSSR count). The van der Waals surface area contributed by atoms with Crippen LogP contribution in [0.15, 0.2) is 30.3 Å². The Morgan fingerprint density at radius 2 is 1.81 bits per heavy atom. The van der Waals surface area contributed by atoms with Gasteiger partial charge in [-0.15, -0.1) is 5.10 Å². The molecule has 7 heteroatoms. The maximum atomic E-state index is 5.20. The van der Waals surface area contributed by atoms with Gasteiger partial charge in [0.2, 0.25) is 0 Å². The van der Waals surface area contributed by atoms with Crippen molar-refractivity contribution in [2.75, 3.05) is 44.8 Å². The molecule has 0 aliphatic carbocycles. The molecule has 1 atom stereocenters. The Kier molecular flexibility index (Phi) is 6.57. The summed E-state index contributed by atoms with van der Waals surface area (Å²) < 4.78 is 7.11. The summed E-state index contributed by atoms with van der Waals surface area (Å²) in [5.74, 6) is 1.55. The number of aromatic nitrogens is 4. The fourth-order valence-corrected chi connectivity index (χ4v) is 3.58. The second-order valence-electron chi connectivity index (χ2n) is 7.26. The zero-order valence-electron chi connectivity index (χ0n) is 16.1. The van der Waals surface area contributed by atoms with Crippen LogP contribution in [0.5, 0.6) is 0 Å². The van der Waals surface area contributed by atoms with E-state index in [1.807, 2.05) is 4.68 Å². The average molecular weight is 358 g/mol. The summed E-state index contributed by atoms with van der Waals surface area (Å²) in [7, 11) is 1.71. The highest BCUT2D eigenvalue weighted by Crippen LogP contribution is 2.28. The minimum absolute atomic E-state index is 0.250. The number of para-hydroxylation sites is 1. The topological polar surface area (TPSA) is 59.3 Å². The van der Waals surface area contributed by atoms with Crippen molar-refractivity contribution in [1.29, 1.82) is 0 Å². The van der Waals surface area contributed by atoms with Crippen molar-refractivity contribution in [1.82, 2.24) is 25.1 Å². The van der Waals surface area contributed by atoms with Crippen LogP contribution in [-0.2, 0) is 11.3 Å². The number of rotatable bonds is 8. The van der Waals surface area contributed by atoms with Crippen molar-refractivity contribution in [2.45, 2.75) is 32.9 Å². The number of methoxy groups -OCH3 is 1. The van der Waals surface area contributed by atoms with Crippen LogP contribution in [0.4, 0.5) is 5.69 Å². The van der Waals surface area contributed by atoms with Gasteiger partial charge < -0.3 is 9.64 Å². The molecule has 1 saturated heterocycles. The Morgan fingerprint density at radius 3 is 2.46 bits per heavy atom. The van der Waals surface area contributed by atoms with Gasteiger partial charge in [-0.05, 0) is 34.9 Å². The Hall–Kier alpha value is -1.99. The first-order chi connectivity index (χ1) is 12.7. The molecule has 26 heavy (non-hydrogen) atoms. The second kappa shape index (κ2) is 9.09. The van der Waals surface area contributed by atoms with Crippen LogP contribution in [0.25, 0.3) is 0 Å². The third-order valence-electron chi connectivity index (χ3n) is 4.94. The first kappa shape index (κ1) is 18.8. The maximum absolute atomic E-state index is 5.20. The van der Waals surface area contributed by atoms with Crippen LogP contribution in [-0.4, -0.2) is 65.0 Å². The molecule has 1 aliphatic rings. The Bertz CT molecular complexity index is 651. The second-order valence-corrected chi connectivity index (χ2v) is 7.26. The number of anilines is 1. The van der Waals surface area contributed by atoms with Crippen LogP contribution >= 0.6 is 0 Å². The zero-order valence-corrected chi connectivity index (χ0v) is 16.1. The summed E-state index contributed by atoms with van der Waals surface area (Å²) in [5.41, 5.74) is 1.30. The number of ether oxygens (including phenoxy) is 1. The highest BCUT2D eigenvalue weighted by atomic mass is 16.5. The predicted octanol–water partition coefficient (Wildman–Crippen LogP) is 2.23. The quantitative estimate of drug-likeness (QED) is 0.721. The fourth-order valence-electron chi connectivity index (χ4n) is 3.58. The molecule has 2 aromatic rings. The normalized spacial score (nSPS) is 17.0. The van der Waals surface area contributed by atoms with E-state index in [-0.39, 0.29) is 6.04 Å². The van der Waals surface area contributed by atoms with Gasteiger partial charge in [0.25, 0.3) is 0 Å². The first-order valence-corrected chi connectivity index (χ1v) is 9.48. The van der Waals surface area contributed by atoms with E-state index >= 15 is 0 Å². The summed E-state index contributed by atoms with van der Waals surface area (Å²) in [5, 5.41) is 12.5. The predicted molar refractivity (Wildman–Crippen MR) is 102 cm³/mol. The van der Waals surface area contributed by atoms with Gasteiger partial charge in [-0.2, -0.15) is 0 Å². The van der Waals surface area contributed by atoms with Gasteiger partial charge in [0.15, 0.2) is 5.82 Å². The van der Waals surface area contributed by atoms with E-state index in [0.717, 1.165) is 38.4 Å². The lowest BCUT2D eigenvalue weighted by Gasteiger charge is -2.40. The van der Waals surface area contributed by atoms with Crippen molar-refractivity contribution in [3.05, 3.63) is 36.2 Å². The number of hydrogen-bond donors (Lipinski definition) is 0. The molecule has 0 amide bonds. The highest BCUT2D eigenvalue weighted by Gasteiger charge is 2.29. The number of nitrogens with zero attached hydrogens (tertiary/aromatic N) is 6. The Balaban J connectivity index is 1.70. The molecule has 1 aromatic heterocycles. The van der Waals surface area contributed by atoms with E-state index in [1.54, 1.807) is 7.11 Å². The van der Waals surface area contributed by atoms with Crippen LogP contribution in [0.3, 0.4) is 0 Å². The Morgan fingerprint density at radius 1 is 1.08 bits per heavy atom. The first-order valence-electron chi connectivity index (χ1n) is 9.48. The average Bonchev–Trinajstić information content (AvgIpc) is 3.13. The molecule has 142 valence electrons. The van der Waals surface area contributed by atoms with Gasteiger partial charge in [-0.1, -0.05) is 32.0 Å². The minimum atomic E-state index is 0.250. The van der Waals surface area contributed by atoms with Crippen molar-refractivity contribution in [2.24, 2.45) is 5.92 Å². The lowest BCUT2D eigenvalue weighted by atomic mass is 10.0. The number of tetrazole rings is 1. The van der Waals surface area contributed by atoms with E-state index in [0.29, 0.717) is 19.1 Å². The number of piperazine rings is 1. The van der Waals surface area contributed by atoms with Crippen molar-refractivity contribution < 1.29 is 4.74 Å². The molecular weight excluding hydrogens is 328 g/mol. The molecule has 0 bridgehead atoms. The smallest absolute Gasteiger partial charge is 0.168 e. The standard InChI is InChI=1S/C19H30N6O/c1-16(2)15-18(19-20-21-22-25(19)13-14-26-3)24-11-9-23(10-12-24)17-7-5-4-6-8-17/h4-8,16,18H,9-15H2,1-3H3/t18-/m1/s1. The summed E-state index contributed by atoms with van der Waals surface area (Å²) in [4.78, 5) is 4.99. The zero-order chi connectivity index (χ0) is 18.4. The molecule has 1 fully saturated rings. The van der Waals surface area contributed by atoms with Gasteiger partial charge in [0, 0.05) is 39.0 Å². The molecular formula is C19H30N6O. The summed E-state index contributed by atoms with van der Waals surface area (Å²) in [6, 6.07) is 10.9. The minimum Gasteiger partial charge on any atom is -0.383 e. The van der Waals surface area contributed by atoms with Gasteiger partial charge in [-0.3, -0.25) is 4.90 Å². The lowest BCUT2D eigenvalue weighted by Crippen LogP contribution is -2.48. The van der Waals surface area contributed by atoms with Gasteiger partial charge in [0.1, 0.15) is 0 Å². The molecule has 0 spiro atoms. The third kappa shape index (κ3) is 4.59. The van der Waals surface area contributed by atoms with Gasteiger partial charge in [-0.25, -0.2) is 4.68 Å². The van der Waals surface area contributed by atoms with Crippen molar-refractivity contribution >= 4 is 5.69 Å². The molecule has 1 aliphatic heterocycles. The third-order valence-corrected chi connectivity index (χ3v) is 4.94. The van der Waals surface area contributed by atoms with E-state index in [9.17, 15) is 0 Å². The van der Waals surface area contributed by atoms with Crippen LogP contribution in [0.1, 0.15) is 32.1 Å². The van der Waals surface area contributed by atoms with Gasteiger partial charge >= 0.3 is 0 Å². The number of benzene rings is 1.